The van der Waals surface area contributed by atoms with Gasteiger partial charge in [0.25, 0.3) is 5.91 Å². The summed E-state index contributed by atoms with van der Waals surface area (Å²) in [5.74, 6) is -0.0189. The molecule has 0 aromatic heterocycles. The van der Waals surface area contributed by atoms with Crippen LogP contribution in [0, 0.1) is 5.41 Å². The van der Waals surface area contributed by atoms with E-state index >= 15 is 0 Å². The van der Waals surface area contributed by atoms with Gasteiger partial charge in [-0.1, -0.05) is 20.8 Å². The first-order chi connectivity index (χ1) is 12.2. The maximum Gasteiger partial charge on any atom is 0.265 e. The topological polar surface area (TPSA) is 79.0 Å². The summed E-state index contributed by atoms with van der Waals surface area (Å²) in [7, 11) is 0. The Balaban J connectivity index is 2.28. The highest BCUT2D eigenvalue weighted by molar-refractivity contribution is 6.03. The summed E-state index contributed by atoms with van der Waals surface area (Å²) in [6.07, 6.45) is 0. The molecule has 0 radical (unpaired) electrons. The summed E-state index contributed by atoms with van der Waals surface area (Å²) < 4.78 is 5.46. The molecule has 7 nitrogen and oxygen atoms in total. The van der Waals surface area contributed by atoms with Crippen LogP contribution < -0.4 is 15.0 Å². The minimum absolute atomic E-state index is 0.0481. The highest BCUT2D eigenvalue weighted by atomic mass is 16.5. The predicted octanol–water partition coefficient (Wildman–Crippen LogP) is 2.26. The molecule has 7 heteroatoms. The fourth-order valence-corrected chi connectivity index (χ4v) is 2.58. The van der Waals surface area contributed by atoms with Crippen molar-refractivity contribution in [2.24, 2.45) is 5.41 Å². The molecule has 0 saturated heterocycles. The van der Waals surface area contributed by atoms with Gasteiger partial charge < -0.3 is 15.0 Å². The van der Waals surface area contributed by atoms with Gasteiger partial charge in [-0.25, -0.2) is 0 Å². The van der Waals surface area contributed by atoms with Crippen LogP contribution in [0.25, 0.3) is 0 Å². The first-order valence-corrected chi connectivity index (χ1v) is 8.83. The van der Waals surface area contributed by atoms with E-state index in [0.717, 1.165) is 0 Å². The van der Waals surface area contributed by atoms with Crippen LogP contribution in [0.5, 0.6) is 5.75 Å². The van der Waals surface area contributed by atoms with Crippen molar-refractivity contribution < 1.29 is 19.1 Å². The first-order valence-electron chi connectivity index (χ1n) is 8.83. The Morgan fingerprint density at radius 2 is 1.88 bits per heavy atom. The predicted molar refractivity (Wildman–Crippen MR) is 100 cm³/mol. The molecule has 1 heterocycles. The summed E-state index contributed by atoms with van der Waals surface area (Å²) in [4.78, 5) is 40.1. The summed E-state index contributed by atoms with van der Waals surface area (Å²) in [5, 5.41) is 2.84. The van der Waals surface area contributed by atoms with Crippen molar-refractivity contribution in [3.63, 3.8) is 0 Å². The number of nitrogens with zero attached hydrogens (tertiary/aromatic N) is 2. The van der Waals surface area contributed by atoms with Crippen molar-refractivity contribution in [1.29, 1.82) is 0 Å². The van der Waals surface area contributed by atoms with E-state index < -0.39 is 5.41 Å². The van der Waals surface area contributed by atoms with E-state index in [-0.39, 0.29) is 30.9 Å². The average Bonchev–Trinajstić information content (AvgIpc) is 2.57. The molecule has 3 amide bonds. The van der Waals surface area contributed by atoms with Gasteiger partial charge in [0, 0.05) is 24.2 Å². The number of amides is 3. The zero-order chi connectivity index (χ0) is 19.5. The Morgan fingerprint density at radius 3 is 2.46 bits per heavy atom. The standard InChI is InChI=1S/C19H27N3O4/c1-6-21(7-2)16(23)11-22-14-10-13(20-18(25)19(3,4)5)8-9-15(14)26-12-17(22)24/h8-10H,6-7,11-12H2,1-5H3,(H,20,25). The van der Waals surface area contributed by atoms with Crippen molar-refractivity contribution in [1.82, 2.24) is 4.90 Å². The number of hydrogen-bond donors (Lipinski definition) is 1. The van der Waals surface area contributed by atoms with E-state index in [0.29, 0.717) is 30.2 Å². The monoisotopic (exact) mass is 361 g/mol. The minimum Gasteiger partial charge on any atom is -0.482 e. The third-order valence-electron chi connectivity index (χ3n) is 4.25. The first kappa shape index (κ1) is 19.8. The van der Waals surface area contributed by atoms with Gasteiger partial charge in [0.05, 0.1) is 5.69 Å². The molecule has 26 heavy (non-hydrogen) atoms. The molecule has 1 aliphatic heterocycles. The van der Waals surface area contributed by atoms with Gasteiger partial charge >= 0.3 is 0 Å². The van der Waals surface area contributed by atoms with Gasteiger partial charge in [-0.05, 0) is 32.0 Å². The third-order valence-corrected chi connectivity index (χ3v) is 4.25. The van der Waals surface area contributed by atoms with Crippen molar-refractivity contribution in [2.75, 3.05) is 36.5 Å². The van der Waals surface area contributed by atoms with Crippen LogP contribution >= 0.6 is 0 Å². The lowest BCUT2D eigenvalue weighted by Gasteiger charge is -2.31. The molecule has 1 aromatic rings. The van der Waals surface area contributed by atoms with Crippen LogP contribution in [0.4, 0.5) is 11.4 Å². The van der Waals surface area contributed by atoms with Crippen LogP contribution in [0.1, 0.15) is 34.6 Å². The van der Waals surface area contributed by atoms with E-state index in [1.165, 1.54) is 4.90 Å². The second-order valence-corrected chi connectivity index (χ2v) is 7.22. The van der Waals surface area contributed by atoms with Gasteiger partial charge in [-0.15, -0.1) is 0 Å². The lowest BCUT2D eigenvalue weighted by atomic mass is 9.95. The normalized spacial score (nSPS) is 13.7. The Labute approximate surface area is 154 Å². The number of hydrogen-bond acceptors (Lipinski definition) is 4. The van der Waals surface area contributed by atoms with Gasteiger partial charge in [0.2, 0.25) is 11.8 Å². The van der Waals surface area contributed by atoms with Crippen LogP contribution in [0.15, 0.2) is 18.2 Å². The van der Waals surface area contributed by atoms with E-state index in [1.807, 2.05) is 34.6 Å². The zero-order valence-electron chi connectivity index (χ0n) is 16.1. The molecular weight excluding hydrogens is 334 g/mol. The van der Waals surface area contributed by atoms with Crippen molar-refractivity contribution in [2.45, 2.75) is 34.6 Å². The molecule has 142 valence electrons. The minimum atomic E-state index is -0.541. The second kappa shape index (κ2) is 7.76. The fourth-order valence-electron chi connectivity index (χ4n) is 2.58. The van der Waals surface area contributed by atoms with Crippen molar-refractivity contribution >= 4 is 29.1 Å². The Morgan fingerprint density at radius 1 is 1.23 bits per heavy atom. The molecule has 0 fully saturated rings. The fraction of sp³-hybridized carbons (Fsp3) is 0.526. The maximum absolute atomic E-state index is 12.4. The van der Waals surface area contributed by atoms with Gasteiger partial charge in [0.15, 0.2) is 6.61 Å². The summed E-state index contributed by atoms with van der Waals surface area (Å²) in [5.41, 5.74) is 0.511. The number of carbonyl (C=O) groups excluding carboxylic acids is 3. The van der Waals surface area contributed by atoms with E-state index in [1.54, 1.807) is 23.1 Å². The lowest BCUT2D eigenvalue weighted by molar-refractivity contribution is -0.131. The zero-order valence-corrected chi connectivity index (χ0v) is 16.1. The van der Waals surface area contributed by atoms with E-state index in [4.69, 9.17) is 4.74 Å². The second-order valence-electron chi connectivity index (χ2n) is 7.22. The number of anilines is 2. The highest BCUT2D eigenvalue weighted by Crippen LogP contribution is 2.35. The molecule has 0 bridgehead atoms. The molecule has 0 saturated carbocycles. The molecular formula is C19H27N3O4. The molecule has 1 aromatic carbocycles. The molecule has 0 aliphatic carbocycles. The number of carbonyl (C=O) groups is 3. The summed E-state index contributed by atoms with van der Waals surface area (Å²) in [6.45, 7) is 10.3. The number of benzene rings is 1. The maximum atomic E-state index is 12.4. The number of fused-ring (bicyclic) bond motifs is 1. The SMILES string of the molecule is CCN(CC)C(=O)CN1C(=O)COc2ccc(NC(=O)C(C)(C)C)cc21. The quantitative estimate of drug-likeness (QED) is 0.872. The van der Waals surface area contributed by atoms with Gasteiger partial charge in [-0.2, -0.15) is 0 Å². The lowest BCUT2D eigenvalue weighted by Crippen LogP contribution is -2.46. The highest BCUT2D eigenvalue weighted by Gasteiger charge is 2.29. The third kappa shape index (κ3) is 4.33. The largest absolute Gasteiger partial charge is 0.482 e. The van der Waals surface area contributed by atoms with Gasteiger partial charge in [0.1, 0.15) is 12.3 Å². The Hall–Kier alpha value is -2.57. The number of rotatable bonds is 5. The van der Waals surface area contributed by atoms with Crippen LogP contribution in [-0.4, -0.2) is 48.9 Å². The molecule has 0 spiro atoms. The van der Waals surface area contributed by atoms with Crippen LogP contribution in [-0.2, 0) is 14.4 Å². The molecule has 1 N–H and O–H groups in total. The Kier molecular flexibility index (Phi) is 5.90. The average molecular weight is 361 g/mol. The summed E-state index contributed by atoms with van der Waals surface area (Å²) >= 11 is 0. The van der Waals surface area contributed by atoms with E-state index in [9.17, 15) is 14.4 Å². The van der Waals surface area contributed by atoms with Crippen LogP contribution in [0.3, 0.4) is 0 Å². The van der Waals surface area contributed by atoms with Crippen LogP contribution in [0.2, 0.25) is 0 Å². The number of ether oxygens (including phenoxy) is 1. The van der Waals surface area contributed by atoms with Crippen molar-refractivity contribution in [3.05, 3.63) is 18.2 Å². The molecule has 0 atom stereocenters. The Bertz CT molecular complexity index is 705. The van der Waals surface area contributed by atoms with E-state index in [2.05, 4.69) is 5.32 Å². The molecule has 0 unspecified atom stereocenters. The smallest absolute Gasteiger partial charge is 0.265 e. The van der Waals surface area contributed by atoms with Gasteiger partial charge in [-0.3, -0.25) is 19.3 Å². The number of likely N-dealkylation sites (N-methyl/N-ethyl adjacent to an activating group) is 1. The van der Waals surface area contributed by atoms with Crippen molar-refractivity contribution in [3.8, 4) is 5.75 Å². The summed E-state index contributed by atoms with van der Waals surface area (Å²) in [6, 6.07) is 5.10. The number of nitrogens with one attached hydrogen (secondary N) is 1. The molecule has 2 rings (SSSR count). The molecule has 1 aliphatic rings.